The van der Waals surface area contributed by atoms with E-state index in [-0.39, 0.29) is 32.6 Å². The molecule has 33 heavy (non-hydrogen) atoms. The Balaban J connectivity index is 1.99. The summed E-state index contributed by atoms with van der Waals surface area (Å²) in [4.78, 5) is 38.8. The maximum atomic E-state index is 13.2. The molecule has 0 aliphatic carbocycles. The molecule has 0 saturated carbocycles. The molecule has 0 fully saturated rings. The molecule has 172 valence electrons. The lowest BCUT2D eigenvalue weighted by atomic mass is 10.1. The molecule has 0 atom stereocenters. The van der Waals surface area contributed by atoms with Crippen LogP contribution in [0.5, 0.6) is 0 Å². The third kappa shape index (κ3) is 5.55. The summed E-state index contributed by atoms with van der Waals surface area (Å²) < 4.78 is 5.12. The Kier molecular flexibility index (Phi) is 7.79. The lowest BCUT2D eigenvalue weighted by Gasteiger charge is -2.11. The molecule has 0 radical (unpaired) electrons. The van der Waals surface area contributed by atoms with Gasteiger partial charge in [0.2, 0.25) is 0 Å². The average molecular weight is 505 g/mol. The summed E-state index contributed by atoms with van der Waals surface area (Å²) in [5.41, 5.74) is 3.50. The molecule has 2 amide bonds. The van der Waals surface area contributed by atoms with Gasteiger partial charge in [0.05, 0.1) is 22.8 Å². The molecular formula is C24H22Cl2N2O4S. The standard InChI is InChI=1S/C24H22Cl2N2O4S/c1-5-32-24(31)20-14(4)19(22(30)27-16-8-6-12(2)13(3)10-16)23(33-20)28-21(29)17-9-7-15(25)11-18(17)26/h6-11H,5H2,1-4H3,(H,27,30)(H,28,29). The van der Waals surface area contributed by atoms with Gasteiger partial charge in [-0.1, -0.05) is 29.3 Å². The Morgan fingerprint density at radius 1 is 0.939 bits per heavy atom. The van der Waals surface area contributed by atoms with Crippen LogP contribution in [0.1, 0.15) is 54.0 Å². The molecule has 0 saturated heterocycles. The minimum absolute atomic E-state index is 0.167. The van der Waals surface area contributed by atoms with Crippen LogP contribution in [0.15, 0.2) is 36.4 Å². The zero-order valence-electron chi connectivity index (χ0n) is 18.5. The van der Waals surface area contributed by atoms with E-state index >= 15 is 0 Å². The molecular weight excluding hydrogens is 483 g/mol. The monoisotopic (exact) mass is 504 g/mol. The first-order valence-corrected chi connectivity index (χ1v) is 11.6. The van der Waals surface area contributed by atoms with E-state index < -0.39 is 17.8 Å². The van der Waals surface area contributed by atoms with Crippen LogP contribution in [0, 0.1) is 20.8 Å². The topological polar surface area (TPSA) is 84.5 Å². The largest absolute Gasteiger partial charge is 0.462 e. The van der Waals surface area contributed by atoms with E-state index in [0.717, 1.165) is 22.5 Å². The SMILES string of the molecule is CCOC(=O)c1sc(NC(=O)c2ccc(Cl)cc2Cl)c(C(=O)Nc2ccc(C)c(C)c2)c1C. The Bertz CT molecular complexity index is 1250. The first kappa shape index (κ1) is 24.8. The zero-order chi connectivity index (χ0) is 24.3. The van der Waals surface area contributed by atoms with Gasteiger partial charge in [0.25, 0.3) is 11.8 Å². The number of halogens is 2. The maximum absolute atomic E-state index is 13.2. The van der Waals surface area contributed by atoms with Gasteiger partial charge < -0.3 is 15.4 Å². The number of esters is 1. The number of carbonyl (C=O) groups excluding carboxylic acids is 3. The Hall–Kier alpha value is -2.87. The van der Waals surface area contributed by atoms with Gasteiger partial charge >= 0.3 is 5.97 Å². The van der Waals surface area contributed by atoms with E-state index in [9.17, 15) is 14.4 Å². The van der Waals surface area contributed by atoms with Crippen LogP contribution in [-0.2, 0) is 4.74 Å². The van der Waals surface area contributed by atoms with Crippen LogP contribution in [0.4, 0.5) is 10.7 Å². The summed E-state index contributed by atoms with van der Waals surface area (Å²) in [6.45, 7) is 7.44. The fourth-order valence-corrected chi connectivity index (χ4v) is 4.71. The highest BCUT2D eigenvalue weighted by molar-refractivity contribution is 7.18. The Morgan fingerprint density at radius 2 is 1.67 bits per heavy atom. The lowest BCUT2D eigenvalue weighted by Crippen LogP contribution is -2.18. The van der Waals surface area contributed by atoms with Crippen molar-refractivity contribution in [2.24, 2.45) is 0 Å². The van der Waals surface area contributed by atoms with Crippen LogP contribution in [0.3, 0.4) is 0 Å². The van der Waals surface area contributed by atoms with Crippen molar-refractivity contribution < 1.29 is 19.1 Å². The fourth-order valence-electron chi connectivity index (χ4n) is 3.12. The average Bonchev–Trinajstić information content (AvgIpc) is 3.06. The molecule has 3 rings (SSSR count). The van der Waals surface area contributed by atoms with Gasteiger partial charge in [-0.15, -0.1) is 11.3 Å². The summed E-state index contributed by atoms with van der Waals surface area (Å²) in [6.07, 6.45) is 0. The third-order valence-corrected chi connectivity index (χ3v) is 6.74. The summed E-state index contributed by atoms with van der Waals surface area (Å²) in [5, 5.41) is 6.33. The molecule has 3 aromatic rings. The number of thiophene rings is 1. The number of hydrogen-bond acceptors (Lipinski definition) is 5. The van der Waals surface area contributed by atoms with Crippen LogP contribution < -0.4 is 10.6 Å². The van der Waals surface area contributed by atoms with Gasteiger partial charge in [0.1, 0.15) is 9.88 Å². The first-order valence-electron chi connectivity index (χ1n) is 10.1. The second-order valence-corrected chi connectivity index (χ2v) is 9.18. The molecule has 0 aliphatic heterocycles. The normalized spacial score (nSPS) is 10.6. The van der Waals surface area contributed by atoms with Crippen molar-refractivity contribution in [3.05, 3.63) is 79.1 Å². The molecule has 0 aliphatic rings. The number of carbonyl (C=O) groups is 3. The summed E-state index contributed by atoms with van der Waals surface area (Å²) in [7, 11) is 0. The molecule has 0 spiro atoms. The minimum atomic E-state index is -0.565. The van der Waals surface area contributed by atoms with Crippen molar-refractivity contribution in [1.82, 2.24) is 0 Å². The van der Waals surface area contributed by atoms with Gasteiger partial charge in [0, 0.05) is 10.7 Å². The highest BCUT2D eigenvalue weighted by Crippen LogP contribution is 2.35. The predicted octanol–water partition coefficient (Wildman–Crippen LogP) is 6.66. The van der Waals surface area contributed by atoms with Gasteiger partial charge in [-0.2, -0.15) is 0 Å². The highest BCUT2D eigenvalue weighted by Gasteiger charge is 2.27. The van der Waals surface area contributed by atoms with Gasteiger partial charge in [-0.05, 0) is 74.7 Å². The van der Waals surface area contributed by atoms with E-state index in [0.29, 0.717) is 16.3 Å². The summed E-state index contributed by atoms with van der Waals surface area (Å²) in [6, 6.07) is 10.0. The number of nitrogens with one attached hydrogen (secondary N) is 2. The highest BCUT2D eigenvalue weighted by atomic mass is 35.5. The maximum Gasteiger partial charge on any atom is 0.348 e. The van der Waals surface area contributed by atoms with Crippen molar-refractivity contribution >= 4 is 63.0 Å². The van der Waals surface area contributed by atoms with Gasteiger partial charge in [0.15, 0.2) is 0 Å². The fraction of sp³-hybridized carbons (Fsp3) is 0.208. The zero-order valence-corrected chi connectivity index (χ0v) is 20.8. The van der Waals surface area contributed by atoms with Crippen LogP contribution in [-0.4, -0.2) is 24.4 Å². The van der Waals surface area contributed by atoms with Crippen LogP contribution >= 0.6 is 34.5 Å². The van der Waals surface area contributed by atoms with Gasteiger partial charge in [-0.25, -0.2) is 4.79 Å². The first-order chi connectivity index (χ1) is 15.6. The van der Waals surface area contributed by atoms with Crippen LogP contribution in [0.25, 0.3) is 0 Å². The Labute approximate surface area is 205 Å². The number of hydrogen-bond donors (Lipinski definition) is 2. The molecule has 2 aromatic carbocycles. The van der Waals surface area contributed by atoms with Crippen LogP contribution in [0.2, 0.25) is 10.0 Å². The van der Waals surface area contributed by atoms with Gasteiger partial charge in [-0.3, -0.25) is 9.59 Å². The molecule has 2 N–H and O–H groups in total. The molecule has 0 bridgehead atoms. The van der Waals surface area contributed by atoms with E-state index in [1.165, 1.54) is 12.1 Å². The number of benzene rings is 2. The molecule has 1 heterocycles. The molecule has 0 unspecified atom stereocenters. The van der Waals surface area contributed by atoms with E-state index in [1.54, 1.807) is 26.0 Å². The second-order valence-electron chi connectivity index (χ2n) is 7.31. The van der Waals surface area contributed by atoms with E-state index in [2.05, 4.69) is 10.6 Å². The molecule has 9 heteroatoms. The minimum Gasteiger partial charge on any atom is -0.462 e. The quantitative estimate of drug-likeness (QED) is 0.367. The summed E-state index contributed by atoms with van der Waals surface area (Å²) >= 11 is 13.1. The second kappa shape index (κ2) is 10.4. The number of amides is 2. The number of rotatable bonds is 6. The van der Waals surface area contributed by atoms with Crippen molar-refractivity contribution in [3.8, 4) is 0 Å². The van der Waals surface area contributed by atoms with Crippen molar-refractivity contribution in [1.29, 1.82) is 0 Å². The number of anilines is 2. The lowest BCUT2D eigenvalue weighted by molar-refractivity contribution is 0.0531. The number of ether oxygens (including phenoxy) is 1. The number of aryl methyl sites for hydroxylation is 2. The van der Waals surface area contributed by atoms with E-state index in [4.69, 9.17) is 27.9 Å². The molecule has 6 nitrogen and oxygen atoms in total. The smallest absolute Gasteiger partial charge is 0.348 e. The predicted molar refractivity (Wildman–Crippen MR) is 133 cm³/mol. The van der Waals surface area contributed by atoms with Crippen molar-refractivity contribution in [2.45, 2.75) is 27.7 Å². The molecule has 1 aromatic heterocycles. The van der Waals surface area contributed by atoms with E-state index in [1.807, 2.05) is 26.0 Å². The summed E-state index contributed by atoms with van der Waals surface area (Å²) in [5.74, 6) is -1.56. The Morgan fingerprint density at radius 3 is 2.30 bits per heavy atom. The van der Waals surface area contributed by atoms with Crippen molar-refractivity contribution in [3.63, 3.8) is 0 Å². The van der Waals surface area contributed by atoms with Crippen molar-refractivity contribution in [2.75, 3.05) is 17.2 Å². The third-order valence-electron chi connectivity index (χ3n) is 5.00.